The van der Waals surface area contributed by atoms with E-state index >= 15 is 0 Å². The number of rotatable bonds is 20. The molecule has 1 aliphatic rings. The van der Waals surface area contributed by atoms with Crippen molar-refractivity contribution in [3.05, 3.63) is 156 Å². The van der Waals surface area contributed by atoms with E-state index in [-0.39, 0.29) is 6.61 Å². The smallest absolute Gasteiger partial charge is 0.217 e. The molecule has 1 aliphatic heterocycles. The van der Waals surface area contributed by atoms with Crippen molar-refractivity contribution in [3.8, 4) is 0 Å². The van der Waals surface area contributed by atoms with E-state index in [1.165, 1.54) is 0 Å². The summed E-state index contributed by atoms with van der Waals surface area (Å²) in [5.41, 5.74) is 4.22. The molecule has 0 saturated carbocycles. The Bertz CT molecular complexity index is 1430. The van der Waals surface area contributed by atoms with Gasteiger partial charge in [-0.05, 0) is 34.8 Å². The van der Waals surface area contributed by atoms with Crippen LogP contribution in [0.3, 0.4) is 0 Å². The van der Waals surface area contributed by atoms with Crippen LogP contribution in [0.15, 0.2) is 134 Å². The topological polar surface area (TPSA) is 55.4 Å². The van der Waals surface area contributed by atoms with Gasteiger partial charge in [0.2, 0.25) is 5.79 Å². The predicted molar refractivity (Wildman–Crippen MR) is 189 cm³/mol. The van der Waals surface area contributed by atoms with Gasteiger partial charge in [-0.15, -0.1) is 0 Å². The van der Waals surface area contributed by atoms with Gasteiger partial charge >= 0.3 is 0 Å². The highest BCUT2D eigenvalue weighted by molar-refractivity contribution is 5.17. The van der Waals surface area contributed by atoms with E-state index in [9.17, 15) is 0 Å². The molecule has 0 unspecified atom stereocenters. The third-order valence-corrected chi connectivity index (χ3v) is 8.57. The second-order valence-electron chi connectivity index (χ2n) is 12.2. The van der Waals surface area contributed by atoms with Crippen LogP contribution in [0.2, 0.25) is 0 Å². The van der Waals surface area contributed by atoms with Crippen LogP contribution in [0.5, 0.6) is 0 Å². The molecule has 0 radical (unpaired) electrons. The van der Waals surface area contributed by atoms with Crippen LogP contribution >= 0.6 is 0 Å². The van der Waals surface area contributed by atoms with Gasteiger partial charge in [-0.1, -0.05) is 154 Å². The zero-order valence-corrected chi connectivity index (χ0v) is 28.2. The van der Waals surface area contributed by atoms with Crippen LogP contribution in [0.1, 0.15) is 54.9 Å². The zero-order valence-electron chi connectivity index (χ0n) is 28.2. The van der Waals surface area contributed by atoms with Gasteiger partial charge in [-0.25, -0.2) is 0 Å². The molecule has 5 atom stereocenters. The summed E-state index contributed by atoms with van der Waals surface area (Å²) in [5.74, 6) is -1.30. The summed E-state index contributed by atoms with van der Waals surface area (Å²) in [6, 6.07) is 40.6. The number of benzene rings is 4. The normalized spacial score (nSPS) is 22.4. The van der Waals surface area contributed by atoms with Crippen molar-refractivity contribution < 1.29 is 28.4 Å². The van der Waals surface area contributed by atoms with E-state index in [0.717, 1.165) is 47.9 Å². The molecule has 0 aromatic heterocycles. The number of ether oxygens (including phenoxy) is 6. The standard InChI is InChI=1S/C42H50O6/c1-3-5-6-19-28-47-42(4-2)41(46-32-37-26-17-10-18-27-37)40(45-31-36-24-15-9-16-25-36)39(44-30-35-22-13-8-14-23-35)38(48-42)33-43-29-34-20-11-7-12-21-34/h4,7-18,20-27,38-41H,2-3,5-6,19,28-33H2,1H3/t38-,39+,40+,41-,42+/m1/s1. The van der Waals surface area contributed by atoms with Crippen molar-refractivity contribution in [2.45, 2.75) is 89.2 Å². The summed E-state index contributed by atoms with van der Waals surface area (Å²) in [6.07, 6.45) is 3.65. The van der Waals surface area contributed by atoms with E-state index < -0.39 is 30.2 Å². The Labute approximate surface area is 286 Å². The first-order valence-corrected chi connectivity index (χ1v) is 17.2. The highest BCUT2D eigenvalue weighted by Crippen LogP contribution is 2.39. The minimum atomic E-state index is -1.30. The molecular weight excluding hydrogens is 600 g/mol. The molecule has 4 aromatic carbocycles. The molecule has 6 nitrogen and oxygen atoms in total. The molecule has 254 valence electrons. The van der Waals surface area contributed by atoms with Crippen molar-refractivity contribution in [2.75, 3.05) is 13.2 Å². The lowest BCUT2D eigenvalue weighted by atomic mass is 9.91. The lowest BCUT2D eigenvalue weighted by Crippen LogP contribution is -2.67. The molecule has 1 heterocycles. The monoisotopic (exact) mass is 650 g/mol. The highest BCUT2D eigenvalue weighted by atomic mass is 16.7. The SMILES string of the molecule is C=C[C@]1(OCCCCCC)O[C@H](COCc2ccccc2)[C@H](OCc2ccccc2)[C@H](OCc2ccccc2)[C@H]1OCc1ccccc1. The molecule has 0 N–H and O–H groups in total. The van der Waals surface area contributed by atoms with E-state index in [0.29, 0.717) is 33.0 Å². The minimum Gasteiger partial charge on any atom is -0.374 e. The predicted octanol–water partition coefficient (Wildman–Crippen LogP) is 8.84. The average Bonchev–Trinajstić information content (AvgIpc) is 3.14. The first-order chi connectivity index (χ1) is 23.7. The maximum atomic E-state index is 6.96. The Morgan fingerprint density at radius 3 is 1.58 bits per heavy atom. The molecule has 1 saturated heterocycles. The minimum absolute atomic E-state index is 0.264. The molecule has 0 bridgehead atoms. The van der Waals surface area contributed by atoms with Crippen molar-refractivity contribution in [3.63, 3.8) is 0 Å². The fourth-order valence-corrected chi connectivity index (χ4v) is 5.97. The Balaban J connectivity index is 1.48. The summed E-state index contributed by atoms with van der Waals surface area (Å²) >= 11 is 0. The van der Waals surface area contributed by atoms with Gasteiger partial charge in [0, 0.05) is 0 Å². The third-order valence-electron chi connectivity index (χ3n) is 8.57. The number of unbranched alkanes of at least 4 members (excludes halogenated alkanes) is 3. The van der Waals surface area contributed by atoms with Crippen LogP contribution < -0.4 is 0 Å². The second-order valence-corrected chi connectivity index (χ2v) is 12.2. The van der Waals surface area contributed by atoms with E-state index in [4.69, 9.17) is 28.4 Å². The van der Waals surface area contributed by atoms with Gasteiger partial charge in [0.25, 0.3) is 0 Å². The molecule has 4 aromatic rings. The van der Waals surface area contributed by atoms with Crippen LogP contribution in [0.4, 0.5) is 0 Å². The summed E-state index contributed by atoms with van der Waals surface area (Å²) in [4.78, 5) is 0. The van der Waals surface area contributed by atoms with Gasteiger partial charge in [0.05, 0.1) is 39.6 Å². The molecular formula is C42H50O6. The number of hydrogen-bond acceptors (Lipinski definition) is 6. The van der Waals surface area contributed by atoms with Gasteiger partial charge in [-0.2, -0.15) is 0 Å². The fourth-order valence-electron chi connectivity index (χ4n) is 5.97. The van der Waals surface area contributed by atoms with E-state index in [1.54, 1.807) is 6.08 Å². The van der Waals surface area contributed by atoms with E-state index in [2.05, 4.69) is 49.9 Å². The van der Waals surface area contributed by atoms with Gasteiger partial charge < -0.3 is 28.4 Å². The van der Waals surface area contributed by atoms with Gasteiger partial charge in [0.1, 0.15) is 24.4 Å². The summed E-state index contributed by atoms with van der Waals surface area (Å²) in [6.45, 7) is 8.73. The average molecular weight is 651 g/mol. The fraction of sp³-hybridized carbons (Fsp3) is 0.381. The van der Waals surface area contributed by atoms with Crippen molar-refractivity contribution in [1.82, 2.24) is 0 Å². The quantitative estimate of drug-likeness (QED) is 0.0704. The van der Waals surface area contributed by atoms with E-state index in [1.807, 2.05) is 84.9 Å². The second kappa shape index (κ2) is 19.4. The summed E-state index contributed by atoms with van der Waals surface area (Å²) < 4.78 is 40.4. The first-order valence-electron chi connectivity index (χ1n) is 17.2. The summed E-state index contributed by atoms with van der Waals surface area (Å²) in [5, 5.41) is 0. The third kappa shape index (κ3) is 10.4. The Morgan fingerprint density at radius 2 is 1.08 bits per heavy atom. The first kappa shape index (κ1) is 35.7. The lowest BCUT2D eigenvalue weighted by molar-refractivity contribution is -0.364. The Morgan fingerprint density at radius 1 is 0.604 bits per heavy atom. The molecule has 0 amide bonds. The Kier molecular flexibility index (Phi) is 14.4. The highest BCUT2D eigenvalue weighted by Gasteiger charge is 2.56. The maximum Gasteiger partial charge on any atom is 0.217 e. The van der Waals surface area contributed by atoms with Crippen LogP contribution in [-0.4, -0.2) is 43.4 Å². The zero-order chi connectivity index (χ0) is 33.3. The molecule has 0 spiro atoms. The lowest BCUT2D eigenvalue weighted by Gasteiger charge is -2.51. The molecule has 0 aliphatic carbocycles. The van der Waals surface area contributed by atoms with Gasteiger partial charge in [-0.3, -0.25) is 0 Å². The van der Waals surface area contributed by atoms with Crippen LogP contribution in [0.25, 0.3) is 0 Å². The molecule has 5 rings (SSSR count). The largest absolute Gasteiger partial charge is 0.374 e. The van der Waals surface area contributed by atoms with Crippen molar-refractivity contribution in [1.29, 1.82) is 0 Å². The molecule has 6 heteroatoms. The molecule has 1 fully saturated rings. The molecule has 48 heavy (non-hydrogen) atoms. The van der Waals surface area contributed by atoms with Crippen LogP contribution in [0, 0.1) is 0 Å². The van der Waals surface area contributed by atoms with Crippen molar-refractivity contribution in [2.24, 2.45) is 0 Å². The number of hydrogen-bond donors (Lipinski definition) is 0. The van der Waals surface area contributed by atoms with Crippen LogP contribution in [-0.2, 0) is 54.8 Å². The maximum absolute atomic E-state index is 6.96. The summed E-state index contributed by atoms with van der Waals surface area (Å²) in [7, 11) is 0. The van der Waals surface area contributed by atoms with Gasteiger partial charge in [0.15, 0.2) is 0 Å². The van der Waals surface area contributed by atoms with Crippen molar-refractivity contribution >= 4 is 0 Å². The Hall–Kier alpha value is -3.62.